The highest BCUT2D eigenvalue weighted by atomic mass is 32.1. The maximum absolute atomic E-state index is 6.70. The second-order valence-electron chi connectivity index (χ2n) is 15.6. The minimum Gasteiger partial charge on any atom is -0.455 e. The molecule has 0 N–H and O–H groups in total. The molecule has 3 heterocycles. The van der Waals surface area contributed by atoms with Crippen LogP contribution in [0.1, 0.15) is 0 Å². The summed E-state index contributed by atoms with van der Waals surface area (Å²) < 4.78 is 9.06. The monoisotopic (exact) mass is 809 g/mol. The first kappa shape index (κ1) is 35.9. The molecule has 12 aromatic rings. The molecule has 62 heavy (non-hydrogen) atoms. The summed E-state index contributed by atoms with van der Waals surface area (Å²) >= 11 is 1.78. The van der Waals surface area contributed by atoms with Gasteiger partial charge in [-0.2, -0.15) is 0 Å². The summed E-state index contributed by atoms with van der Waals surface area (Å²) in [4.78, 5) is 15.6. The molecule has 0 unspecified atom stereocenters. The van der Waals surface area contributed by atoms with Gasteiger partial charge >= 0.3 is 0 Å². The molecule has 0 spiro atoms. The third-order valence-electron chi connectivity index (χ3n) is 11.7. The highest BCUT2D eigenvalue weighted by Crippen LogP contribution is 2.43. The second kappa shape index (κ2) is 14.9. The van der Waals surface area contributed by atoms with E-state index in [1.807, 2.05) is 36.4 Å². The lowest BCUT2D eigenvalue weighted by molar-refractivity contribution is 0.669. The van der Waals surface area contributed by atoms with Crippen molar-refractivity contribution in [2.24, 2.45) is 0 Å². The predicted molar refractivity (Wildman–Crippen MR) is 258 cm³/mol. The number of aromatic nitrogens is 3. The smallest absolute Gasteiger partial charge is 0.167 e. The average Bonchev–Trinajstić information content (AvgIpc) is 3.93. The number of furan rings is 1. The van der Waals surface area contributed by atoms with Crippen LogP contribution >= 0.6 is 11.3 Å². The molecular formula is C57H35N3OS. The van der Waals surface area contributed by atoms with Gasteiger partial charge in [0.2, 0.25) is 0 Å². The first-order chi connectivity index (χ1) is 30.7. The standard InChI is InChI=1S/C57H35N3OS/c1-4-14-36(15-5-1)39-20-10-22-41(32-39)43-28-30-51-49(34-43)45-24-12-26-47(53(45)61-51)56-58-55(38-18-8-3-9-19-38)59-57(60-56)48-27-13-25-46-50-35-44(29-31-52(50)62-54(46)48)42-23-11-21-40(33-42)37-16-6-2-7-17-37/h1-35H. The number of para-hydroxylation sites is 1. The van der Waals surface area contributed by atoms with Crippen molar-refractivity contribution in [3.63, 3.8) is 0 Å². The van der Waals surface area contributed by atoms with E-state index in [0.717, 1.165) is 54.5 Å². The van der Waals surface area contributed by atoms with Crippen LogP contribution in [0.4, 0.5) is 0 Å². The van der Waals surface area contributed by atoms with E-state index in [2.05, 4.69) is 176 Å². The molecule has 0 amide bonds. The summed E-state index contributed by atoms with van der Waals surface area (Å²) in [5.74, 6) is 1.79. The summed E-state index contributed by atoms with van der Waals surface area (Å²) in [5, 5.41) is 4.45. The molecule has 0 atom stereocenters. The molecule has 0 aliphatic rings. The van der Waals surface area contributed by atoms with Crippen LogP contribution in [0, 0.1) is 0 Å². The zero-order chi connectivity index (χ0) is 41.0. The molecule has 290 valence electrons. The molecule has 4 nitrogen and oxygen atoms in total. The Bertz CT molecular complexity index is 3410. The van der Waals surface area contributed by atoms with Crippen molar-refractivity contribution in [1.82, 2.24) is 15.0 Å². The highest BCUT2D eigenvalue weighted by molar-refractivity contribution is 7.26. The summed E-state index contributed by atoms with van der Waals surface area (Å²) in [5.41, 5.74) is 13.7. The van der Waals surface area contributed by atoms with Gasteiger partial charge in [0, 0.05) is 42.1 Å². The van der Waals surface area contributed by atoms with Crippen molar-refractivity contribution in [2.75, 3.05) is 0 Å². The van der Waals surface area contributed by atoms with Crippen molar-refractivity contribution >= 4 is 53.4 Å². The molecule has 12 rings (SSSR count). The van der Waals surface area contributed by atoms with Gasteiger partial charge in [0.1, 0.15) is 11.2 Å². The van der Waals surface area contributed by atoms with Crippen molar-refractivity contribution in [1.29, 1.82) is 0 Å². The first-order valence-electron chi connectivity index (χ1n) is 20.7. The normalized spacial score (nSPS) is 11.5. The summed E-state index contributed by atoms with van der Waals surface area (Å²) in [7, 11) is 0. The van der Waals surface area contributed by atoms with Crippen LogP contribution in [-0.4, -0.2) is 15.0 Å². The van der Waals surface area contributed by atoms with Gasteiger partial charge in [-0.05, 0) is 93.0 Å². The Balaban J connectivity index is 0.979. The van der Waals surface area contributed by atoms with Crippen LogP contribution in [0.3, 0.4) is 0 Å². The lowest BCUT2D eigenvalue weighted by atomic mass is 9.98. The molecule has 0 radical (unpaired) electrons. The molecular weight excluding hydrogens is 775 g/mol. The number of fused-ring (bicyclic) bond motifs is 6. The summed E-state index contributed by atoms with van der Waals surface area (Å²) in [6.45, 7) is 0. The van der Waals surface area contributed by atoms with E-state index in [1.165, 1.54) is 48.9 Å². The van der Waals surface area contributed by atoms with Gasteiger partial charge in [-0.1, -0.05) is 164 Å². The summed E-state index contributed by atoms with van der Waals surface area (Å²) in [6, 6.07) is 74.6. The Morgan fingerprint density at radius 1 is 0.306 bits per heavy atom. The lowest BCUT2D eigenvalue weighted by Crippen LogP contribution is -2.00. The van der Waals surface area contributed by atoms with Gasteiger partial charge < -0.3 is 4.42 Å². The zero-order valence-corrected chi connectivity index (χ0v) is 34.2. The SMILES string of the molecule is c1ccc(-c2cccc(-c3ccc4oc5c(-c6nc(-c7ccccc7)nc(-c7cccc8c7sc7ccc(-c9cccc(-c%10ccccc%10)c9)cc78)n6)cccc5c4c3)c2)cc1. The van der Waals surface area contributed by atoms with Gasteiger partial charge in [0.05, 0.1) is 5.56 Å². The van der Waals surface area contributed by atoms with E-state index in [9.17, 15) is 0 Å². The molecule has 9 aromatic carbocycles. The first-order valence-corrected chi connectivity index (χ1v) is 21.6. The molecule has 0 saturated carbocycles. The van der Waals surface area contributed by atoms with Gasteiger partial charge in [-0.25, -0.2) is 15.0 Å². The van der Waals surface area contributed by atoms with Crippen molar-refractivity contribution in [2.45, 2.75) is 0 Å². The number of hydrogen-bond acceptors (Lipinski definition) is 5. The zero-order valence-electron chi connectivity index (χ0n) is 33.4. The lowest BCUT2D eigenvalue weighted by Gasteiger charge is -2.09. The summed E-state index contributed by atoms with van der Waals surface area (Å²) in [6.07, 6.45) is 0. The van der Waals surface area contributed by atoms with Crippen LogP contribution < -0.4 is 0 Å². The second-order valence-corrected chi connectivity index (χ2v) is 16.6. The fourth-order valence-corrected chi connectivity index (χ4v) is 9.85. The minimum absolute atomic E-state index is 0.563. The Morgan fingerprint density at radius 2 is 0.774 bits per heavy atom. The number of rotatable bonds is 7. The quantitative estimate of drug-likeness (QED) is 0.161. The third-order valence-corrected chi connectivity index (χ3v) is 13.0. The largest absolute Gasteiger partial charge is 0.455 e. The van der Waals surface area contributed by atoms with Gasteiger partial charge in [0.15, 0.2) is 17.5 Å². The Morgan fingerprint density at radius 3 is 1.42 bits per heavy atom. The van der Waals surface area contributed by atoms with Gasteiger partial charge in [-0.3, -0.25) is 0 Å². The maximum Gasteiger partial charge on any atom is 0.167 e. The van der Waals surface area contributed by atoms with Crippen molar-refractivity contribution < 1.29 is 4.42 Å². The molecule has 0 saturated heterocycles. The minimum atomic E-state index is 0.563. The van der Waals surface area contributed by atoms with Crippen LogP contribution in [0.5, 0.6) is 0 Å². The van der Waals surface area contributed by atoms with Crippen LogP contribution in [-0.2, 0) is 0 Å². The van der Waals surface area contributed by atoms with E-state index in [-0.39, 0.29) is 0 Å². The molecule has 0 fully saturated rings. The van der Waals surface area contributed by atoms with Crippen LogP contribution in [0.25, 0.3) is 121 Å². The number of benzene rings is 9. The molecule has 0 aliphatic carbocycles. The van der Waals surface area contributed by atoms with Crippen LogP contribution in [0.15, 0.2) is 217 Å². The fourth-order valence-electron chi connectivity index (χ4n) is 8.66. The fraction of sp³-hybridized carbons (Fsp3) is 0. The molecule has 5 heteroatoms. The van der Waals surface area contributed by atoms with E-state index in [0.29, 0.717) is 17.5 Å². The van der Waals surface area contributed by atoms with E-state index >= 15 is 0 Å². The number of nitrogens with zero attached hydrogens (tertiary/aromatic N) is 3. The molecule has 3 aromatic heterocycles. The Labute approximate surface area is 362 Å². The van der Waals surface area contributed by atoms with Gasteiger partial charge in [-0.15, -0.1) is 11.3 Å². The predicted octanol–water partition coefficient (Wildman–Crippen LogP) is 15.8. The Hall–Kier alpha value is -7.99. The average molecular weight is 810 g/mol. The Kier molecular flexibility index (Phi) is 8.65. The topological polar surface area (TPSA) is 51.8 Å². The van der Waals surface area contributed by atoms with Crippen LogP contribution in [0.2, 0.25) is 0 Å². The number of thiophene rings is 1. The van der Waals surface area contributed by atoms with Gasteiger partial charge in [0.25, 0.3) is 0 Å². The molecule has 0 aliphatic heterocycles. The van der Waals surface area contributed by atoms with Crippen molar-refractivity contribution in [3.05, 3.63) is 212 Å². The van der Waals surface area contributed by atoms with E-state index in [4.69, 9.17) is 19.4 Å². The third kappa shape index (κ3) is 6.35. The van der Waals surface area contributed by atoms with E-state index in [1.54, 1.807) is 11.3 Å². The number of hydrogen-bond donors (Lipinski definition) is 0. The van der Waals surface area contributed by atoms with E-state index < -0.39 is 0 Å². The maximum atomic E-state index is 6.70. The van der Waals surface area contributed by atoms with Crippen molar-refractivity contribution in [3.8, 4) is 78.7 Å². The molecule has 0 bridgehead atoms. The highest BCUT2D eigenvalue weighted by Gasteiger charge is 2.20.